The smallest absolute Gasteiger partial charge is 0.481 e. The molecule has 1 aromatic carbocycles. The summed E-state index contributed by atoms with van der Waals surface area (Å²) in [6, 6.07) is 7.92. The molecule has 0 saturated heterocycles. The number of nitrogens with one attached hydrogen (secondary N) is 2. The number of carbonyl (C=O) groups excluding carboxylic acids is 4. The minimum Gasteiger partial charge on any atom is -0.481 e. The number of rotatable bonds is 19. The summed E-state index contributed by atoms with van der Waals surface area (Å²) in [6.07, 6.45) is -4.34. The number of carbonyl (C=O) groups is 6. The molecule has 0 saturated carbocycles. The summed E-state index contributed by atoms with van der Waals surface area (Å²) >= 11 is 1.17. The predicted molar refractivity (Wildman–Crippen MR) is 199 cm³/mol. The van der Waals surface area contributed by atoms with Crippen molar-refractivity contribution in [3.05, 3.63) is 52.0 Å². The second-order valence-corrected chi connectivity index (χ2v) is 14.9. The van der Waals surface area contributed by atoms with E-state index in [1.165, 1.54) is 18.3 Å². The zero-order chi connectivity index (χ0) is 42.2. The first kappa shape index (κ1) is 48.4. The standard InChI is InChI=1S/C35H53N5O7S.C2HF3O2/c1-10-22(4)31(38-30(42)19-39(7)8)34(44)40(9)28(21(2)3)18-29(47-24(6)41)33-37-27(20-48-33)32(43)36-26(16-23(5)35(45)46)17-25-14-12-11-13-15-25;3-2(4,5)1(6)7/h11-15,20-23,26,28-29,31H,10,16-19H2,1-9H3,(H,36,43)(H,38,42)(H,45,46);(H,6,7)/t22-,23-,26+,28+,29-,31-;/m0./s1. The van der Waals surface area contributed by atoms with E-state index in [1.807, 2.05) is 58.0 Å². The van der Waals surface area contributed by atoms with Crippen molar-refractivity contribution in [1.29, 1.82) is 0 Å². The second-order valence-electron chi connectivity index (χ2n) is 14.0. The summed E-state index contributed by atoms with van der Waals surface area (Å²) in [5.41, 5.74) is 1.08. The molecule has 3 amide bonds. The molecule has 55 heavy (non-hydrogen) atoms. The van der Waals surface area contributed by atoms with Gasteiger partial charge < -0.3 is 35.4 Å². The fourth-order valence-electron chi connectivity index (χ4n) is 5.49. The Hall–Kier alpha value is -4.58. The van der Waals surface area contributed by atoms with E-state index >= 15 is 0 Å². The Labute approximate surface area is 323 Å². The van der Waals surface area contributed by atoms with Crippen molar-refractivity contribution in [1.82, 2.24) is 25.4 Å². The van der Waals surface area contributed by atoms with Gasteiger partial charge in [0.05, 0.1) is 12.5 Å². The van der Waals surface area contributed by atoms with Crippen LogP contribution in [0.3, 0.4) is 0 Å². The molecule has 2 aromatic rings. The third kappa shape index (κ3) is 17.2. The summed E-state index contributed by atoms with van der Waals surface area (Å²) in [5, 5.41) is 24.5. The Morgan fingerprint density at radius 1 is 0.945 bits per heavy atom. The van der Waals surface area contributed by atoms with Crippen LogP contribution in [0.2, 0.25) is 0 Å². The van der Waals surface area contributed by atoms with Gasteiger partial charge in [0.25, 0.3) is 5.91 Å². The topological polar surface area (TPSA) is 196 Å². The highest BCUT2D eigenvalue weighted by atomic mass is 32.1. The third-order valence-corrected chi connectivity index (χ3v) is 9.56. The summed E-state index contributed by atoms with van der Waals surface area (Å²) in [5.74, 6) is -6.03. The summed E-state index contributed by atoms with van der Waals surface area (Å²) < 4.78 is 37.5. The van der Waals surface area contributed by atoms with Crippen LogP contribution >= 0.6 is 11.3 Å². The van der Waals surface area contributed by atoms with E-state index in [1.54, 1.807) is 43.2 Å². The van der Waals surface area contributed by atoms with Crippen LogP contribution in [0.25, 0.3) is 0 Å². The van der Waals surface area contributed by atoms with Crippen LogP contribution in [-0.2, 0) is 35.1 Å². The molecule has 0 aliphatic carbocycles. The molecule has 0 aliphatic rings. The molecule has 0 radical (unpaired) electrons. The number of carboxylic acid groups (broad SMARTS) is 2. The Kier molecular flexibility index (Phi) is 20.0. The lowest BCUT2D eigenvalue weighted by atomic mass is 9.93. The first-order chi connectivity index (χ1) is 25.5. The summed E-state index contributed by atoms with van der Waals surface area (Å²) in [4.78, 5) is 80.6. The fraction of sp³-hybridized carbons (Fsp3) is 0.595. The summed E-state index contributed by atoms with van der Waals surface area (Å²) in [7, 11) is 5.26. The third-order valence-electron chi connectivity index (χ3n) is 8.63. The number of amides is 3. The van der Waals surface area contributed by atoms with Gasteiger partial charge in [-0.15, -0.1) is 11.3 Å². The Morgan fingerprint density at radius 2 is 1.53 bits per heavy atom. The first-order valence-electron chi connectivity index (χ1n) is 17.7. The molecule has 1 aromatic heterocycles. The van der Waals surface area contributed by atoms with Crippen molar-refractivity contribution in [2.75, 3.05) is 27.7 Å². The monoisotopic (exact) mass is 801 g/mol. The van der Waals surface area contributed by atoms with Crippen molar-refractivity contribution in [3.63, 3.8) is 0 Å². The van der Waals surface area contributed by atoms with Crippen LogP contribution in [-0.4, -0.2) is 113 Å². The van der Waals surface area contributed by atoms with Gasteiger partial charge in [0, 0.05) is 37.9 Å². The largest absolute Gasteiger partial charge is 0.490 e. The number of ether oxygens (including phenoxy) is 1. The van der Waals surface area contributed by atoms with Gasteiger partial charge in [-0.25, -0.2) is 9.78 Å². The molecular formula is C37H54F3N5O9S. The Balaban J connectivity index is 0.00000196. The van der Waals surface area contributed by atoms with Crippen molar-refractivity contribution in [3.8, 4) is 0 Å². The van der Waals surface area contributed by atoms with E-state index in [2.05, 4.69) is 15.6 Å². The number of aromatic nitrogens is 1. The molecule has 6 atom stereocenters. The lowest BCUT2D eigenvalue weighted by Crippen LogP contribution is -2.55. The van der Waals surface area contributed by atoms with Gasteiger partial charge in [-0.1, -0.05) is 71.4 Å². The van der Waals surface area contributed by atoms with Gasteiger partial charge >= 0.3 is 24.1 Å². The second kappa shape index (κ2) is 22.7. The molecule has 1 heterocycles. The molecule has 18 heteroatoms. The number of hydrogen-bond donors (Lipinski definition) is 4. The van der Waals surface area contributed by atoms with Crippen LogP contribution in [0, 0.1) is 17.8 Å². The number of esters is 1. The zero-order valence-corrected chi connectivity index (χ0v) is 33.5. The number of halogens is 3. The van der Waals surface area contributed by atoms with Crippen molar-refractivity contribution in [2.45, 2.75) is 97.6 Å². The lowest BCUT2D eigenvalue weighted by Gasteiger charge is -2.37. The number of alkyl halides is 3. The number of nitrogens with zero attached hydrogens (tertiary/aromatic N) is 3. The highest BCUT2D eigenvalue weighted by Crippen LogP contribution is 2.31. The number of benzene rings is 1. The number of thiazole rings is 1. The maximum Gasteiger partial charge on any atom is 0.490 e. The quantitative estimate of drug-likeness (QED) is 0.143. The molecule has 4 N–H and O–H groups in total. The molecule has 0 spiro atoms. The van der Waals surface area contributed by atoms with E-state index in [9.17, 15) is 42.3 Å². The molecule has 2 rings (SSSR count). The summed E-state index contributed by atoms with van der Waals surface area (Å²) in [6.45, 7) is 10.9. The van der Waals surface area contributed by atoms with Crippen molar-refractivity contribution in [2.24, 2.45) is 17.8 Å². The fourth-order valence-corrected chi connectivity index (χ4v) is 6.33. The minimum atomic E-state index is -5.08. The first-order valence-corrected chi connectivity index (χ1v) is 18.6. The van der Waals surface area contributed by atoms with Crippen LogP contribution in [0.4, 0.5) is 13.2 Å². The maximum absolute atomic E-state index is 13.9. The van der Waals surface area contributed by atoms with Gasteiger partial charge in [-0.05, 0) is 44.3 Å². The van der Waals surface area contributed by atoms with Gasteiger partial charge in [0.1, 0.15) is 16.7 Å². The zero-order valence-electron chi connectivity index (χ0n) is 32.7. The van der Waals surface area contributed by atoms with E-state index in [4.69, 9.17) is 14.6 Å². The molecular weight excluding hydrogens is 747 g/mol. The molecule has 308 valence electrons. The predicted octanol–water partition coefficient (Wildman–Crippen LogP) is 4.80. The molecule has 0 fully saturated rings. The number of carboxylic acids is 2. The molecule has 0 aliphatic heterocycles. The Bertz CT molecular complexity index is 1570. The van der Waals surface area contributed by atoms with Crippen LogP contribution < -0.4 is 10.6 Å². The van der Waals surface area contributed by atoms with Crippen LogP contribution in [0.5, 0.6) is 0 Å². The maximum atomic E-state index is 13.9. The number of aliphatic carboxylic acids is 2. The molecule has 14 nitrogen and oxygen atoms in total. The number of likely N-dealkylation sites (N-methyl/N-ethyl adjacent to an activating group) is 2. The van der Waals surface area contributed by atoms with Gasteiger partial charge in [0.15, 0.2) is 6.10 Å². The minimum absolute atomic E-state index is 0.0511. The SMILES string of the molecule is CC[C@H](C)[C@H](NC(=O)CN(C)C)C(=O)N(C)[C@H](C[C@H](OC(C)=O)c1nc(C(=O)N[C@@H](Cc2ccccc2)C[C@H](C)C(=O)O)cs1)C(C)C.O=C(O)C(F)(F)F. The van der Waals surface area contributed by atoms with Crippen molar-refractivity contribution >= 4 is 47.0 Å². The lowest BCUT2D eigenvalue weighted by molar-refractivity contribution is -0.192. The van der Waals surface area contributed by atoms with E-state index < -0.39 is 60.1 Å². The average Bonchev–Trinajstić information content (AvgIpc) is 3.58. The van der Waals surface area contributed by atoms with Crippen LogP contribution in [0.15, 0.2) is 35.7 Å². The van der Waals surface area contributed by atoms with Gasteiger partial charge in [-0.2, -0.15) is 13.2 Å². The van der Waals surface area contributed by atoms with E-state index in [0.717, 1.165) is 5.56 Å². The average molecular weight is 802 g/mol. The highest BCUT2D eigenvalue weighted by Gasteiger charge is 2.38. The molecule has 0 bridgehead atoms. The number of hydrogen-bond acceptors (Lipinski definition) is 10. The van der Waals surface area contributed by atoms with E-state index in [0.29, 0.717) is 17.8 Å². The van der Waals surface area contributed by atoms with Crippen LogP contribution in [0.1, 0.15) is 88.0 Å². The van der Waals surface area contributed by atoms with E-state index in [-0.39, 0.29) is 48.7 Å². The van der Waals surface area contributed by atoms with Gasteiger partial charge in [-0.3, -0.25) is 24.0 Å². The normalized spacial score (nSPS) is 14.7. The van der Waals surface area contributed by atoms with Gasteiger partial charge in [0.2, 0.25) is 11.8 Å². The highest BCUT2D eigenvalue weighted by molar-refractivity contribution is 7.09. The van der Waals surface area contributed by atoms with Crippen molar-refractivity contribution < 1.29 is 56.9 Å². The molecule has 0 unspecified atom stereocenters. The Morgan fingerprint density at radius 3 is 2.00 bits per heavy atom.